The number of carboxylic acids is 1. The van der Waals surface area contributed by atoms with Gasteiger partial charge in [0.05, 0.1) is 5.56 Å². The molecule has 2 rings (SSSR count). The molecule has 0 aliphatic carbocycles. The van der Waals surface area contributed by atoms with Crippen LogP contribution in [0.1, 0.15) is 27.2 Å². The van der Waals surface area contributed by atoms with Crippen LogP contribution in [0.3, 0.4) is 0 Å². The fourth-order valence-corrected chi connectivity index (χ4v) is 2.10. The predicted octanol–water partition coefficient (Wildman–Crippen LogP) is 2.22. The SMILES string of the molecule is Cc1cn(CC(=O)NCc2cccc(C(=O)O)c2)nc1C(F)(F)F. The normalized spacial score (nSPS) is 11.3. The van der Waals surface area contributed by atoms with Crippen molar-refractivity contribution in [3.8, 4) is 0 Å². The molecule has 0 saturated carbocycles. The van der Waals surface area contributed by atoms with E-state index in [1.54, 1.807) is 6.07 Å². The molecular weight excluding hydrogens is 327 g/mol. The van der Waals surface area contributed by atoms with Crippen molar-refractivity contribution in [2.45, 2.75) is 26.2 Å². The Balaban J connectivity index is 1.97. The fourth-order valence-electron chi connectivity index (χ4n) is 2.10. The van der Waals surface area contributed by atoms with Crippen LogP contribution in [0.15, 0.2) is 30.5 Å². The number of carbonyl (C=O) groups is 2. The molecule has 0 radical (unpaired) electrons. The van der Waals surface area contributed by atoms with Crippen LogP contribution in [-0.4, -0.2) is 26.8 Å². The number of carbonyl (C=O) groups excluding carboxylic acids is 1. The molecule has 0 aliphatic heterocycles. The summed E-state index contributed by atoms with van der Waals surface area (Å²) in [5.41, 5.74) is -0.441. The Hall–Kier alpha value is -2.84. The van der Waals surface area contributed by atoms with Crippen molar-refractivity contribution >= 4 is 11.9 Å². The molecule has 0 saturated heterocycles. The molecule has 0 bridgehead atoms. The molecule has 0 unspecified atom stereocenters. The lowest BCUT2D eigenvalue weighted by Gasteiger charge is -2.06. The third-order valence-corrected chi connectivity index (χ3v) is 3.18. The van der Waals surface area contributed by atoms with Crippen LogP contribution in [0.4, 0.5) is 13.2 Å². The third-order valence-electron chi connectivity index (χ3n) is 3.18. The third kappa shape index (κ3) is 4.34. The number of benzene rings is 1. The number of carboxylic acid groups (broad SMARTS) is 1. The molecule has 2 aromatic rings. The molecular formula is C15H14F3N3O3. The summed E-state index contributed by atoms with van der Waals surface area (Å²) in [6.07, 6.45) is -3.42. The Morgan fingerprint density at radius 1 is 1.33 bits per heavy atom. The lowest BCUT2D eigenvalue weighted by atomic mass is 10.1. The van der Waals surface area contributed by atoms with Crippen molar-refractivity contribution in [2.75, 3.05) is 0 Å². The molecule has 6 nitrogen and oxygen atoms in total. The molecule has 0 aliphatic rings. The van der Waals surface area contributed by atoms with Gasteiger partial charge in [-0.15, -0.1) is 0 Å². The van der Waals surface area contributed by atoms with E-state index in [0.29, 0.717) is 5.56 Å². The maximum absolute atomic E-state index is 12.6. The summed E-state index contributed by atoms with van der Waals surface area (Å²) in [4.78, 5) is 22.7. The Kier molecular flexibility index (Phi) is 4.91. The van der Waals surface area contributed by atoms with E-state index in [1.165, 1.54) is 25.1 Å². The highest BCUT2D eigenvalue weighted by Crippen LogP contribution is 2.30. The average Bonchev–Trinajstić information content (AvgIpc) is 2.86. The zero-order chi connectivity index (χ0) is 17.9. The molecule has 0 spiro atoms. The number of nitrogens with zero attached hydrogens (tertiary/aromatic N) is 2. The van der Waals surface area contributed by atoms with E-state index in [2.05, 4.69) is 10.4 Å². The molecule has 24 heavy (non-hydrogen) atoms. The number of rotatable bonds is 5. The summed E-state index contributed by atoms with van der Waals surface area (Å²) >= 11 is 0. The Labute approximate surface area is 134 Å². The van der Waals surface area contributed by atoms with Gasteiger partial charge in [0.1, 0.15) is 6.54 Å². The molecule has 0 atom stereocenters. The topological polar surface area (TPSA) is 84.2 Å². The van der Waals surface area contributed by atoms with Crippen LogP contribution in [-0.2, 0) is 24.1 Å². The summed E-state index contributed by atoms with van der Waals surface area (Å²) in [6, 6.07) is 5.99. The molecule has 2 N–H and O–H groups in total. The second-order valence-corrected chi connectivity index (χ2v) is 5.14. The minimum absolute atomic E-state index is 0.0618. The van der Waals surface area contributed by atoms with Crippen molar-refractivity contribution in [3.63, 3.8) is 0 Å². The van der Waals surface area contributed by atoms with Crippen molar-refractivity contribution in [2.24, 2.45) is 0 Å². The van der Waals surface area contributed by atoms with E-state index in [-0.39, 0.29) is 24.2 Å². The number of aromatic carboxylic acids is 1. The van der Waals surface area contributed by atoms with E-state index in [4.69, 9.17) is 5.11 Å². The first-order valence-corrected chi connectivity index (χ1v) is 6.87. The second-order valence-electron chi connectivity index (χ2n) is 5.14. The largest absolute Gasteiger partial charge is 0.478 e. The predicted molar refractivity (Wildman–Crippen MR) is 77.2 cm³/mol. The van der Waals surface area contributed by atoms with E-state index in [1.807, 2.05) is 0 Å². The van der Waals surface area contributed by atoms with Crippen LogP contribution in [0.25, 0.3) is 0 Å². The summed E-state index contributed by atoms with van der Waals surface area (Å²) < 4.78 is 38.9. The first-order valence-electron chi connectivity index (χ1n) is 6.87. The molecule has 1 aromatic carbocycles. The van der Waals surface area contributed by atoms with Gasteiger partial charge in [-0.2, -0.15) is 18.3 Å². The highest BCUT2D eigenvalue weighted by molar-refractivity contribution is 5.87. The smallest absolute Gasteiger partial charge is 0.435 e. The van der Waals surface area contributed by atoms with Crippen LogP contribution in [0, 0.1) is 6.92 Å². The lowest BCUT2D eigenvalue weighted by molar-refractivity contribution is -0.142. The Morgan fingerprint density at radius 3 is 2.62 bits per heavy atom. The summed E-state index contributed by atoms with van der Waals surface area (Å²) in [7, 11) is 0. The van der Waals surface area contributed by atoms with Crippen LogP contribution in [0.2, 0.25) is 0 Å². The highest BCUT2D eigenvalue weighted by Gasteiger charge is 2.36. The number of nitrogens with one attached hydrogen (secondary N) is 1. The van der Waals surface area contributed by atoms with Crippen LogP contribution >= 0.6 is 0 Å². The van der Waals surface area contributed by atoms with E-state index >= 15 is 0 Å². The van der Waals surface area contributed by atoms with Gasteiger partial charge >= 0.3 is 12.1 Å². The van der Waals surface area contributed by atoms with Crippen molar-refractivity contribution in [1.29, 1.82) is 0 Å². The van der Waals surface area contributed by atoms with E-state index in [0.717, 1.165) is 10.9 Å². The van der Waals surface area contributed by atoms with Gasteiger partial charge in [-0.25, -0.2) is 4.79 Å². The van der Waals surface area contributed by atoms with Crippen LogP contribution in [0.5, 0.6) is 0 Å². The summed E-state index contributed by atoms with van der Waals surface area (Å²) in [6.45, 7) is 0.962. The maximum atomic E-state index is 12.6. The zero-order valence-corrected chi connectivity index (χ0v) is 12.6. The number of aromatic nitrogens is 2. The van der Waals surface area contributed by atoms with Gasteiger partial charge in [0, 0.05) is 12.7 Å². The van der Waals surface area contributed by atoms with Crippen molar-refractivity contribution in [1.82, 2.24) is 15.1 Å². The first-order chi connectivity index (χ1) is 11.2. The van der Waals surface area contributed by atoms with Gasteiger partial charge in [0.25, 0.3) is 0 Å². The number of alkyl halides is 3. The van der Waals surface area contributed by atoms with E-state index in [9.17, 15) is 22.8 Å². The molecule has 1 amide bonds. The summed E-state index contributed by atoms with van der Waals surface area (Å²) in [5.74, 6) is -1.62. The number of halogens is 3. The zero-order valence-electron chi connectivity index (χ0n) is 12.6. The van der Waals surface area contributed by atoms with Gasteiger partial charge in [-0.3, -0.25) is 9.48 Å². The Morgan fingerprint density at radius 2 is 2.04 bits per heavy atom. The van der Waals surface area contributed by atoms with Gasteiger partial charge < -0.3 is 10.4 Å². The van der Waals surface area contributed by atoms with Gasteiger partial charge in [0.15, 0.2) is 5.69 Å². The summed E-state index contributed by atoms with van der Waals surface area (Å²) in [5, 5.41) is 14.8. The second kappa shape index (κ2) is 6.73. The molecule has 128 valence electrons. The number of amides is 1. The van der Waals surface area contributed by atoms with E-state index < -0.39 is 23.7 Å². The lowest BCUT2D eigenvalue weighted by Crippen LogP contribution is -2.27. The first kappa shape index (κ1) is 17.5. The molecule has 9 heteroatoms. The number of hydrogen-bond donors (Lipinski definition) is 2. The average molecular weight is 341 g/mol. The number of aryl methyl sites for hydroxylation is 1. The van der Waals surface area contributed by atoms with Crippen molar-refractivity contribution < 1.29 is 27.9 Å². The standard InChI is InChI=1S/C15H14F3N3O3/c1-9-7-21(20-13(9)15(16,17)18)8-12(22)19-6-10-3-2-4-11(5-10)14(23)24/h2-5,7H,6,8H2,1H3,(H,19,22)(H,23,24). The van der Waals surface area contributed by atoms with Crippen molar-refractivity contribution in [3.05, 3.63) is 52.8 Å². The fraction of sp³-hybridized carbons (Fsp3) is 0.267. The number of hydrogen-bond acceptors (Lipinski definition) is 3. The molecule has 0 fully saturated rings. The minimum Gasteiger partial charge on any atom is -0.478 e. The maximum Gasteiger partial charge on any atom is 0.435 e. The molecule has 1 heterocycles. The quantitative estimate of drug-likeness (QED) is 0.873. The minimum atomic E-state index is -4.57. The monoisotopic (exact) mass is 341 g/mol. The Bertz CT molecular complexity index is 769. The van der Waals surface area contributed by atoms with Gasteiger partial charge in [-0.1, -0.05) is 12.1 Å². The molecule has 1 aromatic heterocycles. The van der Waals surface area contributed by atoms with Gasteiger partial charge in [0.2, 0.25) is 5.91 Å². The van der Waals surface area contributed by atoms with Crippen LogP contribution < -0.4 is 5.32 Å². The highest BCUT2D eigenvalue weighted by atomic mass is 19.4. The van der Waals surface area contributed by atoms with Gasteiger partial charge in [-0.05, 0) is 30.2 Å².